The fourth-order valence-electron chi connectivity index (χ4n) is 3.21. The number of phenolic OH excluding ortho intramolecular Hbond substituents is 1. The summed E-state index contributed by atoms with van der Waals surface area (Å²) in [7, 11) is 1.71. The average Bonchev–Trinajstić information content (AvgIpc) is 3.23. The molecule has 25 heavy (non-hydrogen) atoms. The summed E-state index contributed by atoms with van der Waals surface area (Å²) in [5, 5.41) is 9.92. The first-order valence-corrected chi connectivity index (χ1v) is 8.36. The molecule has 0 aliphatic carbocycles. The molecule has 2 aromatic rings. The lowest BCUT2D eigenvalue weighted by atomic mass is 10.1. The van der Waals surface area contributed by atoms with E-state index < -0.39 is 6.04 Å². The summed E-state index contributed by atoms with van der Waals surface area (Å²) in [5.74, 6) is 1.02. The summed E-state index contributed by atoms with van der Waals surface area (Å²) in [4.78, 5) is 28.7. The van der Waals surface area contributed by atoms with Crippen molar-refractivity contribution < 1.29 is 19.1 Å². The first-order chi connectivity index (χ1) is 12.0. The van der Waals surface area contributed by atoms with E-state index in [1.54, 1.807) is 35.0 Å². The van der Waals surface area contributed by atoms with Crippen molar-refractivity contribution in [2.24, 2.45) is 0 Å². The Morgan fingerprint density at radius 3 is 2.72 bits per heavy atom. The van der Waals surface area contributed by atoms with Crippen LogP contribution in [-0.2, 0) is 11.3 Å². The van der Waals surface area contributed by atoms with Gasteiger partial charge < -0.3 is 19.3 Å². The van der Waals surface area contributed by atoms with E-state index in [1.165, 1.54) is 6.07 Å². The van der Waals surface area contributed by atoms with Crippen LogP contribution in [0.3, 0.4) is 0 Å². The number of aryl methyl sites for hydroxylation is 1. The van der Waals surface area contributed by atoms with Crippen LogP contribution in [0.1, 0.15) is 34.7 Å². The molecular formula is C19H22N2O4. The second kappa shape index (κ2) is 7.01. The Kier molecular flexibility index (Phi) is 4.79. The van der Waals surface area contributed by atoms with Crippen LogP contribution >= 0.6 is 0 Å². The number of likely N-dealkylation sites (N-methyl/N-ethyl adjacent to an activating group) is 1. The van der Waals surface area contributed by atoms with Crippen molar-refractivity contribution in [1.82, 2.24) is 9.80 Å². The van der Waals surface area contributed by atoms with Crippen LogP contribution in [0.5, 0.6) is 5.75 Å². The first kappa shape index (κ1) is 17.1. The lowest BCUT2D eigenvalue weighted by Gasteiger charge is -2.28. The van der Waals surface area contributed by atoms with E-state index in [0.29, 0.717) is 25.3 Å². The van der Waals surface area contributed by atoms with Gasteiger partial charge in [-0.15, -0.1) is 0 Å². The van der Waals surface area contributed by atoms with Crippen molar-refractivity contribution in [2.45, 2.75) is 32.4 Å². The SMILES string of the molecule is Cc1ccc(CN(C)C(=O)[C@@H]2CCCN2C(=O)c2ccccc2O)o1. The van der Waals surface area contributed by atoms with E-state index >= 15 is 0 Å². The topological polar surface area (TPSA) is 74.0 Å². The van der Waals surface area contributed by atoms with Crippen LogP contribution in [0.2, 0.25) is 0 Å². The predicted octanol–water partition coefficient (Wildman–Crippen LogP) is 2.56. The predicted molar refractivity (Wildman–Crippen MR) is 92.1 cm³/mol. The number of nitrogens with zero attached hydrogens (tertiary/aromatic N) is 2. The van der Waals surface area contributed by atoms with Gasteiger partial charge in [0.25, 0.3) is 5.91 Å². The molecule has 0 bridgehead atoms. The number of hydrogen-bond donors (Lipinski definition) is 1. The summed E-state index contributed by atoms with van der Waals surface area (Å²) in [6.07, 6.45) is 1.39. The highest BCUT2D eigenvalue weighted by Gasteiger charge is 2.36. The summed E-state index contributed by atoms with van der Waals surface area (Å²) in [6, 6.07) is 9.62. The van der Waals surface area contributed by atoms with Crippen LogP contribution in [0.15, 0.2) is 40.8 Å². The van der Waals surface area contributed by atoms with Crippen LogP contribution in [0, 0.1) is 6.92 Å². The number of aromatic hydroxyl groups is 1. The van der Waals surface area contributed by atoms with Crippen molar-refractivity contribution in [3.8, 4) is 5.75 Å². The van der Waals surface area contributed by atoms with Gasteiger partial charge in [0.15, 0.2) is 0 Å². The summed E-state index contributed by atoms with van der Waals surface area (Å²) in [5.41, 5.74) is 0.228. The van der Waals surface area contributed by atoms with Gasteiger partial charge in [-0.2, -0.15) is 0 Å². The minimum absolute atomic E-state index is 0.0648. The zero-order valence-corrected chi connectivity index (χ0v) is 14.4. The van der Waals surface area contributed by atoms with E-state index in [1.807, 2.05) is 19.1 Å². The third kappa shape index (κ3) is 3.52. The highest BCUT2D eigenvalue weighted by atomic mass is 16.3. The maximum Gasteiger partial charge on any atom is 0.258 e. The zero-order chi connectivity index (χ0) is 18.0. The van der Waals surface area contributed by atoms with Crippen molar-refractivity contribution in [3.05, 3.63) is 53.5 Å². The minimum atomic E-state index is -0.506. The molecule has 0 saturated carbocycles. The fourth-order valence-corrected chi connectivity index (χ4v) is 3.21. The molecule has 6 heteroatoms. The molecule has 1 atom stereocenters. The molecular weight excluding hydrogens is 320 g/mol. The van der Waals surface area contributed by atoms with E-state index in [0.717, 1.165) is 12.2 Å². The van der Waals surface area contributed by atoms with Crippen LogP contribution in [0.4, 0.5) is 0 Å². The molecule has 1 aromatic carbocycles. The van der Waals surface area contributed by atoms with Gasteiger partial charge >= 0.3 is 0 Å². The maximum atomic E-state index is 12.8. The molecule has 1 aliphatic rings. The van der Waals surface area contributed by atoms with Gasteiger partial charge in [0.2, 0.25) is 5.91 Å². The Morgan fingerprint density at radius 1 is 1.28 bits per heavy atom. The molecule has 2 amide bonds. The second-order valence-electron chi connectivity index (χ2n) is 6.38. The van der Waals surface area contributed by atoms with Crippen molar-refractivity contribution >= 4 is 11.8 Å². The fraction of sp³-hybridized carbons (Fsp3) is 0.368. The largest absolute Gasteiger partial charge is 0.507 e. The third-order valence-corrected chi connectivity index (χ3v) is 4.50. The lowest BCUT2D eigenvalue weighted by Crippen LogP contribution is -2.46. The number of para-hydroxylation sites is 1. The summed E-state index contributed by atoms with van der Waals surface area (Å²) < 4.78 is 5.52. The molecule has 0 radical (unpaired) electrons. The van der Waals surface area contributed by atoms with E-state index in [9.17, 15) is 14.7 Å². The van der Waals surface area contributed by atoms with Crippen LogP contribution in [0.25, 0.3) is 0 Å². The average molecular weight is 342 g/mol. The Hall–Kier alpha value is -2.76. The second-order valence-corrected chi connectivity index (χ2v) is 6.38. The van der Waals surface area contributed by atoms with Crippen molar-refractivity contribution in [3.63, 3.8) is 0 Å². The number of hydrogen-bond acceptors (Lipinski definition) is 4. The maximum absolute atomic E-state index is 12.8. The molecule has 2 heterocycles. The van der Waals surface area contributed by atoms with Gasteiger partial charge in [0, 0.05) is 13.6 Å². The Bertz CT molecular complexity index is 783. The molecule has 0 unspecified atom stereocenters. The number of rotatable bonds is 4. The highest BCUT2D eigenvalue weighted by Crippen LogP contribution is 2.25. The minimum Gasteiger partial charge on any atom is -0.507 e. The molecule has 3 rings (SSSR count). The molecule has 6 nitrogen and oxygen atoms in total. The van der Waals surface area contributed by atoms with E-state index in [4.69, 9.17) is 4.42 Å². The Morgan fingerprint density at radius 2 is 2.04 bits per heavy atom. The van der Waals surface area contributed by atoms with Crippen molar-refractivity contribution in [2.75, 3.05) is 13.6 Å². The Balaban J connectivity index is 1.73. The third-order valence-electron chi connectivity index (χ3n) is 4.50. The van der Waals surface area contributed by atoms with E-state index in [2.05, 4.69) is 0 Å². The summed E-state index contributed by atoms with van der Waals surface area (Å²) in [6.45, 7) is 2.73. The van der Waals surface area contributed by atoms with Gasteiger partial charge in [0.1, 0.15) is 23.3 Å². The van der Waals surface area contributed by atoms with Gasteiger partial charge in [-0.05, 0) is 44.0 Å². The molecule has 132 valence electrons. The smallest absolute Gasteiger partial charge is 0.258 e. The van der Waals surface area contributed by atoms with Gasteiger partial charge in [-0.1, -0.05) is 12.1 Å². The number of carbonyl (C=O) groups is 2. The van der Waals surface area contributed by atoms with Gasteiger partial charge in [0.05, 0.1) is 12.1 Å². The Labute approximate surface area is 146 Å². The number of likely N-dealkylation sites (tertiary alicyclic amines) is 1. The number of amides is 2. The molecule has 0 spiro atoms. The number of phenols is 1. The van der Waals surface area contributed by atoms with E-state index in [-0.39, 0.29) is 23.1 Å². The molecule has 1 N–H and O–H groups in total. The number of carbonyl (C=O) groups excluding carboxylic acids is 2. The van der Waals surface area contributed by atoms with Crippen molar-refractivity contribution in [1.29, 1.82) is 0 Å². The molecule has 1 saturated heterocycles. The first-order valence-electron chi connectivity index (χ1n) is 8.36. The quantitative estimate of drug-likeness (QED) is 0.927. The summed E-state index contributed by atoms with van der Waals surface area (Å²) >= 11 is 0. The number of benzene rings is 1. The lowest BCUT2D eigenvalue weighted by molar-refractivity contribution is -0.134. The van der Waals surface area contributed by atoms with Crippen LogP contribution in [-0.4, -0.2) is 46.4 Å². The monoisotopic (exact) mass is 342 g/mol. The van der Waals surface area contributed by atoms with Gasteiger partial charge in [-0.3, -0.25) is 9.59 Å². The van der Waals surface area contributed by atoms with Gasteiger partial charge in [-0.25, -0.2) is 0 Å². The van der Waals surface area contributed by atoms with Crippen LogP contribution < -0.4 is 0 Å². The molecule has 1 aromatic heterocycles. The molecule has 1 aliphatic heterocycles. The standard InChI is InChI=1S/C19H22N2O4/c1-13-9-10-14(25-13)12-20(2)19(24)16-7-5-11-21(16)18(23)15-6-3-4-8-17(15)22/h3-4,6,8-10,16,22H,5,7,11-12H2,1-2H3/t16-/m0/s1. The highest BCUT2D eigenvalue weighted by molar-refractivity contribution is 5.99. The zero-order valence-electron chi connectivity index (χ0n) is 14.4. The normalized spacial score (nSPS) is 16.9. The molecule has 1 fully saturated rings. The number of furan rings is 1.